The number of rotatable bonds is 3. The average Bonchev–Trinajstić information content (AvgIpc) is 2.26. The highest BCUT2D eigenvalue weighted by Gasteiger charge is 2.17. The Labute approximate surface area is 108 Å². The standard InChI is InChI=1S/C13H9F3O2S/c14-10-2-1-3-13(7-10)19(17,18)8-9-4-11(15)6-12(16)5-9/h1-7H,8H2. The molecule has 2 rings (SSSR count). The number of sulfone groups is 1. The van der Waals surface area contributed by atoms with Crippen molar-refractivity contribution in [1.82, 2.24) is 0 Å². The van der Waals surface area contributed by atoms with E-state index in [-0.39, 0.29) is 10.5 Å². The Hall–Kier alpha value is -1.82. The summed E-state index contributed by atoms with van der Waals surface area (Å²) in [6.07, 6.45) is 0. The van der Waals surface area contributed by atoms with Gasteiger partial charge in [0.1, 0.15) is 17.5 Å². The van der Waals surface area contributed by atoms with Crippen molar-refractivity contribution < 1.29 is 21.6 Å². The lowest BCUT2D eigenvalue weighted by Crippen LogP contribution is -2.06. The molecule has 0 spiro atoms. The van der Waals surface area contributed by atoms with Gasteiger partial charge in [-0.3, -0.25) is 0 Å². The molecule has 6 heteroatoms. The van der Waals surface area contributed by atoms with Crippen LogP contribution < -0.4 is 0 Å². The van der Waals surface area contributed by atoms with Gasteiger partial charge in [-0.25, -0.2) is 21.6 Å². The fourth-order valence-electron chi connectivity index (χ4n) is 1.66. The molecule has 100 valence electrons. The molecule has 2 aromatic carbocycles. The van der Waals surface area contributed by atoms with E-state index in [1.165, 1.54) is 12.1 Å². The number of hydrogen-bond donors (Lipinski definition) is 0. The van der Waals surface area contributed by atoms with Crippen LogP contribution in [0.25, 0.3) is 0 Å². The molecule has 0 saturated carbocycles. The van der Waals surface area contributed by atoms with Crippen molar-refractivity contribution in [3.63, 3.8) is 0 Å². The Morgan fingerprint density at radius 2 is 1.47 bits per heavy atom. The lowest BCUT2D eigenvalue weighted by Gasteiger charge is -2.05. The summed E-state index contributed by atoms with van der Waals surface area (Å²) in [6, 6.07) is 6.98. The van der Waals surface area contributed by atoms with E-state index in [0.29, 0.717) is 6.07 Å². The first-order chi connectivity index (χ1) is 8.87. The lowest BCUT2D eigenvalue weighted by atomic mass is 10.2. The fraction of sp³-hybridized carbons (Fsp3) is 0.0769. The van der Waals surface area contributed by atoms with Crippen molar-refractivity contribution in [2.75, 3.05) is 0 Å². The van der Waals surface area contributed by atoms with Crippen LogP contribution in [0.4, 0.5) is 13.2 Å². The fourth-order valence-corrected chi connectivity index (χ4v) is 3.01. The monoisotopic (exact) mass is 286 g/mol. The molecule has 0 aliphatic rings. The molecule has 0 heterocycles. The third-order valence-corrected chi connectivity index (χ3v) is 4.12. The quantitative estimate of drug-likeness (QED) is 0.869. The maximum Gasteiger partial charge on any atom is 0.182 e. The van der Waals surface area contributed by atoms with Crippen LogP contribution in [0.5, 0.6) is 0 Å². The molecule has 2 aromatic rings. The zero-order chi connectivity index (χ0) is 14.0. The van der Waals surface area contributed by atoms with Crippen LogP contribution in [0.1, 0.15) is 5.56 Å². The molecule has 0 unspecified atom stereocenters. The van der Waals surface area contributed by atoms with E-state index < -0.39 is 33.0 Å². The molecule has 0 radical (unpaired) electrons. The molecule has 0 aliphatic heterocycles. The summed E-state index contributed by atoms with van der Waals surface area (Å²) in [5.74, 6) is -2.99. The van der Waals surface area contributed by atoms with Crippen molar-refractivity contribution in [3.8, 4) is 0 Å². The van der Waals surface area contributed by atoms with Crippen molar-refractivity contribution in [3.05, 3.63) is 65.5 Å². The first-order valence-electron chi connectivity index (χ1n) is 5.30. The topological polar surface area (TPSA) is 34.1 Å². The maximum atomic E-state index is 13.0. The van der Waals surface area contributed by atoms with Gasteiger partial charge in [-0.1, -0.05) is 6.07 Å². The smallest absolute Gasteiger partial charge is 0.182 e. The van der Waals surface area contributed by atoms with Gasteiger partial charge in [-0.2, -0.15) is 0 Å². The van der Waals surface area contributed by atoms with Crippen LogP contribution in [0.2, 0.25) is 0 Å². The summed E-state index contributed by atoms with van der Waals surface area (Å²) < 4.78 is 62.9. The minimum absolute atomic E-state index is 0.0261. The highest BCUT2D eigenvalue weighted by atomic mass is 32.2. The Bertz CT molecular complexity index is 691. The summed E-state index contributed by atoms with van der Waals surface area (Å²) in [6.45, 7) is 0. The van der Waals surface area contributed by atoms with E-state index in [4.69, 9.17) is 0 Å². The molecular formula is C13H9F3O2S. The number of benzene rings is 2. The summed E-state index contributed by atoms with van der Waals surface area (Å²) in [5.41, 5.74) is -0.0261. The van der Waals surface area contributed by atoms with Gasteiger partial charge in [-0.05, 0) is 35.9 Å². The highest BCUT2D eigenvalue weighted by Crippen LogP contribution is 2.18. The predicted octanol–water partition coefficient (Wildman–Crippen LogP) is 3.08. The molecule has 0 amide bonds. The zero-order valence-corrected chi connectivity index (χ0v) is 10.4. The summed E-state index contributed by atoms with van der Waals surface area (Å²) >= 11 is 0. The molecule has 19 heavy (non-hydrogen) atoms. The second kappa shape index (κ2) is 5.05. The lowest BCUT2D eigenvalue weighted by molar-refractivity contribution is 0.578. The van der Waals surface area contributed by atoms with Gasteiger partial charge < -0.3 is 0 Å². The maximum absolute atomic E-state index is 13.0. The molecule has 2 nitrogen and oxygen atoms in total. The third kappa shape index (κ3) is 3.35. The molecule has 0 aliphatic carbocycles. The Morgan fingerprint density at radius 3 is 2.05 bits per heavy atom. The minimum Gasteiger partial charge on any atom is -0.223 e. The molecule has 0 N–H and O–H groups in total. The van der Waals surface area contributed by atoms with Gasteiger partial charge in [0.05, 0.1) is 10.6 Å². The predicted molar refractivity (Wildman–Crippen MR) is 63.6 cm³/mol. The van der Waals surface area contributed by atoms with Gasteiger partial charge in [0.25, 0.3) is 0 Å². The summed E-state index contributed by atoms with van der Waals surface area (Å²) in [7, 11) is -3.84. The normalized spacial score (nSPS) is 11.5. The molecule has 0 aromatic heterocycles. The van der Waals surface area contributed by atoms with Gasteiger partial charge >= 0.3 is 0 Å². The van der Waals surface area contributed by atoms with Crippen LogP contribution in [0.3, 0.4) is 0 Å². The molecule has 0 bridgehead atoms. The van der Waals surface area contributed by atoms with Crippen molar-refractivity contribution in [2.45, 2.75) is 10.6 Å². The summed E-state index contributed by atoms with van der Waals surface area (Å²) in [4.78, 5) is -0.225. The van der Waals surface area contributed by atoms with E-state index >= 15 is 0 Å². The van der Waals surface area contributed by atoms with Crippen molar-refractivity contribution >= 4 is 9.84 Å². The van der Waals surface area contributed by atoms with Crippen LogP contribution >= 0.6 is 0 Å². The first-order valence-corrected chi connectivity index (χ1v) is 6.95. The van der Waals surface area contributed by atoms with Crippen molar-refractivity contribution in [1.29, 1.82) is 0 Å². The minimum atomic E-state index is -3.84. The SMILES string of the molecule is O=S(=O)(Cc1cc(F)cc(F)c1)c1cccc(F)c1. The van der Waals surface area contributed by atoms with E-state index in [1.807, 2.05) is 0 Å². The second-order valence-electron chi connectivity index (χ2n) is 3.99. The van der Waals surface area contributed by atoms with Gasteiger partial charge in [-0.15, -0.1) is 0 Å². The van der Waals surface area contributed by atoms with E-state index in [2.05, 4.69) is 0 Å². The number of hydrogen-bond acceptors (Lipinski definition) is 2. The second-order valence-corrected chi connectivity index (χ2v) is 5.98. The van der Waals surface area contributed by atoms with E-state index in [1.54, 1.807) is 0 Å². The van der Waals surface area contributed by atoms with Gasteiger partial charge in [0, 0.05) is 6.07 Å². The Balaban J connectivity index is 2.36. The first kappa shape index (κ1) is 13.6. The van der Waals surface area contributed by atoms with E-state index in [9.17, 15) is 21.6 Å². The Morgan fingerprint density at radius 1 is 0.842 bits per heavy atom. The summed E-state index contributed by atoms with van der Waals surface area (Å²) in [5, 5.41) is 0. The number of halogens is 3. The van der Waals surface area contributed by atoms with Crippen LogP contribution in [0.15, 0.2) is 47.4 Å². The zero-order valence-electron chi connectivity index (χ0n) is 9.61. The van der Waals surface area contributed by atoms with Crippen molar-refractivity contribution in [2.24, 2.45) is 0 Å². The van der Waals surface area contributed by atoms with Crippen LogP contribution in [-0.4, -0.2) is 8.42 Å². The van der Waals surface area contributed by atoms with Gasteiger partial charge in [0.2, 0.25) is 0 Å². The van der Waals surface area contributed by atoms with Crippen LogP contribution in [-0.2, 0) is 15.6 Å². The van der Waals surface area contributed by atoms with E-state index in [0.717, 1.165) is 24.3 Å². The Kier molecular flexibility index (Phi) is 3.61. The third-order valence-electron chi connectivity index (χ3n) is 2.43. The molecule has 0 atom stereocenters. The largest absolute Gasteiger partial charge is 0.223 e. The molecular weight excluding hydrogens is 277 g/mol. The van der Waals surface area contributed by atoms with Crippen LogP contribution in [0, 0.1) is 17.5 Å². The average molecular weight is 286 g/mol. The molecule has 0 saturated heterocycles. The molecule has 0 fully saturated rings. The van der Waals surface area contributed by atoms with Gasteiger partial charge in [0.15, 0.2) is 9.84 Å². The highest BCUT2D eigenvalue weighted by molar-refractivity contribution is 7.90.